The highest BCUT2D eigenvalue weighted by molar-refractivity contribution is 5.93. The van der Waals surface area contributed by atoms with Crippen molar-refractivity contribution in [3.63, 3.8) is 0 Å². The summed E-state index contributed by atoms with van der Waals surface area (Å²) in [5.74, 6) is -0.0823. The Hall–Kier alpha value is -2.23. The molecule has 0 fully saturated rings. The lowest BCUT2D eigenvalue weighted by Crippen LogP contribution is -2.38. The molecule has 1 atom stereocenters. The van der Waals surface area contributed by atoms with E-state index in [4.69, 9.17) is 5.73 Å². The number of nitrogen functional groups attached to an aromatic ring is 1. The summed E-state index contributed by atoms with van der Waals surface area (Å²) in [7, 11) is 0. The molecule has 4 heteroatoms. The first kappa shape index (κ1) is 11.8. The maximum absolute atomic E-state index is 12.0. The van der Waals surface area contributed by atoms with Crippen LogP contribution in [0.15, 0.2) is 36.5 Å². The number of nitrogens with two attached hydrogens (primary N) is 1. The Morgan fingerprint density at radius 1 is 1.32 bits per heavy atom. The van der Waals surface area contributed by atoms with Gasteiger partial charge in [-0.3, -0.25) is 4.79 Å². The fourth-order valence-corrected chi connectivity index (χ4v) is 2.63. The minimum absolute atomic E-state index is 0.0823. The third-order valence-corrected chi connectivity index (χ3v) is 3.63. The lowest BCUT2D eigenvalue weighted by atomic mass is 9.88. The van der Waals surface area contributed by atoms with E-state index in [2.05, 4.69) is 34.6 Å². The molecule has 1 aromatic carbocycles. The summed E-state index contributed by atoms with van der Waals surface area (Å²) >= 11 is 0. The summed E-state index contributed by atoms with van der Waals surface area (Å²) < 4.78 is 0. The predicted molar refractivity (Wildman–Crippen MR) is 74.9 cm³/mol. The number of aromatic amines is 1. The van der Waals surface area contributed by atoms with Crippen molar-refractivity contribution in [1.82, 2.24) is 10.3 Å². The summed E-state index contributed by atoms with van der Waals surface area (Å²) in [5.41, 5.74) is 9.45. The summed E-state index contributed by atoms with van der Waals surface area (Å²) in [6.45, 7) is 0. The van der Waals surface area contributed by atoms with Crippen molar-refractivity contribution in [3.8, 4) is 0 Å². The number of amides is 1. The first-order chi connectivity index (χ1) is 9.22. The van der Waals surface area contributed by atoms with Gasteiger partial charge in [-0.1, -0.05) is 24.3 Å². The smallest absolute Gasteiger partial charge is 0.267 e. The van der Waals surface area contributed by atoms with Crippen molar-refractivity contribution < 1.29 is 4.79 Å². The van der Waals surface area contributed by atoms with E-state index in [-0.39, 0.29) is 11.9 Å². The molecule has 0 spiro atoms. The predicted octanol–water partition coefficient (Wildman–Crippen LogP) is 1.88. The van der Waals surface area contributed by atoms with Gasteiger partial charge in [-0.2, -0.15) is 0 Å². The Kier molecular flexibility index (Phi) is 2.99. The van der Waals surface area contributed by atoms with Crippen LogP contribution in [0.4, 0.5) is 5.69 Å². The van der Waals surface area contributed by atoms with Crippen LogP contribution < -0.4 is 11.1 Å². The number of H-pyrrole nitrogens is 1. The molecule has 1 unspecified atom stereocenters. The Labute approximate surface area is 112 Å². The monoisotopic (exact) mass is 255 g/mol. The van der Waals surface area contributed by atoms with Crippen LogP contribution in [-0.2, 0) is 12.8 Å². The van der Waals surface area contributed by atoms with Gasteiger partial charge in [0.25, 0.3) is 5.91 Å². The zero-order valence-corrected chi connectivity index (χ0v) is 10.6. The number of hydrogen-bond donors (Lipinski definition) is 3. The van der Waals surface area contributed by atoms with E-state index >= 15 is 0 Å². The lowest BCUT2D eigenvalue weighted by molar-refractivity contribution is 0.0929. The Morgan fingerprint density at radius 2 is 2.11 bits per heavy atom. The summed E-state index contributed by atoms with van der Waals surface area (Å²) in [6.07, 6.45) is 4.54. The van der Waals surface area contributed by atoms with Gasteiger partial charge in [-0.25, -0.2) is 0 Å². The van der Waals surface area contributed by atoms with Crippen LogP contribution in [0.5, 0.6) is 0 Å². The van der Waals surface area contributed by atoms with Gasteiger partial charge in [0.15, 0.2) is 0 Å². The normalized spacial score (nSPS) is 17.8. The molecule has 1 heterocycles. The molecule has 1 aliphatic rings. The van der Waals surface area contributed by atoms with Crippen LogP contribution in [0.2, 0.25) is 0 Å². The Bertz CT molecular complexity index is 603. The van der Waals surface area contributed by atoms with E-state index in [9.17, 15) is 4.79 Å². The van der Waals surface area contributed by atoms with Gasteiger partial charge < -0.3 is 16.0 Å². The first-order valence-electron chi connectivity index (χ1n) is 6.54. The number of carbonyl (C=O) groups is 1. The fourth-order valence-electron chi connectivity index (χ4n) is 2.63. The highest BCUT2D eigenvalue weighted by Crippen LogP contribution is 2.21. The van der Waals surface area contributed by atoms with E-state index in [1.807, 2.05) is 0 Å². The molecule has 98 valence electrons. The molecular formula is C15H17N3O. The second-order valence-electron chi connectivity index (χ2n) is 5.03. The third-order valence-electron chi connectivity index (χ3n) is 3.63. The topological polar surface area (TPSA) is 70.9 Å². The van der Waals surface area contributed by atoms with E-state index in [0.717, 1.165) is 19.3 Å². The van der Waals surface area contributed by atoms with Crippen molar-refractivity contribution in [3.05, 3.63) is 53.3 Å². The zero-order valence-electron chi connectivity index (χ0n) is 10.6. The van der Waals surface area contributed by atoms with Crippen molar-refractivity contribution in [2.75, 3.05) is 5.73 Å². The minimum atomic E-state index is -0.0823. The molecule has 1 aromatic heterocycles. The number of carbonyl (C=O) groups excluding carboxylic acids is 1. The van der Waals surface area contributed by atoms with Crippen molar-refractivity contribution in [2.45, 2.75) is 25.3 Å². The summed E-state index contributed by atoms with van der Waals surface area (Å²) in [5, 5.41) is 3.06. The zero-order chi connectivity index (χ0) is 13.2. The van der Waals surface area contributed by atoms with Gasteiger partial charge >= 0.3 is 0 Å². The van der Waals surface area contributed by atoms with Crippen LogP contribution in [0.1, 0.15) is 28.0 Å². The lowest BCUT2D eigenvalue weighted by Gasteiger charge is -2.25. The SMILES string of the molecule is Nc1c[nH]c(C(=O)NC2CCc3ccccc3C2)c1. The Morgan fingerprint density at radius 3 is 2.84 bits per heavy atom. The van der Waals surface area contributed by atoms with E-state index in [1.54, 1.807) is 12.3 Å². The highest BCUT2D eigenvalue weighted by Gasteiger charge is 2.20. The largest absolute Gasteiger partial charge is 0.397 e. The van der Waals surface area contributed by atoms with Crippen LogP contribution in [0, 0.1) is 0 Å². The maximum atomic E-state index is 12.0. The number of fused-ring (bicyclic) bond motifs is 1. The molecule has 0 radical (unpaired) electrons. The van der Waals surface area contributed by atoms with Gasteiger partial charge in [0.2, 0.25) is 0 Å². The second kappa shape index (κ2) is 4.80. The number of benzene rings is 1. The molecule has 0 bridgehead atoms. The minimum Gasteiger partial charge on any atom is -0.397 e. The molecule has 4 N–H and O–H groups in total. The van der Waals surface area contributed by atoms with Crippen LogP contribution >= 0.6 is 0 Å². The summed E-state index contributed by atoms with van der Waals surface area (Å²) in [6, 6.07) is 10.3. The van der Waals surface area contributed by atoms with Crippen molar-refractivity contribution in [1.29, 1.82) is 0 Å². The van der Waals surface area contributed by atoms with Gasteiger partial charge in [0.1, 0.15) is 5.69 Å². The van der Waals surface area contributed by atoms with Crippen molar-refractivity contribution in [2.24, 2.45) is 0 Å². The average Bonchev–Trinajstić information content (AvgIpc) is 2.85. The molecule has 3 rings (SSSR count). The molecular weight excluding hydrogens is 238 g/mol. The van der Waals surface area contributed by atoms with Gasteiger partial charge in [-0.15, -0.1) is 0 Å². The van der Waals surface area contributed by atoms with Crippen LogP contribution in [0.25, 0.3) is 0 Å². The van der Waals surface area contributed by atoms with Crippen molar-refractivity contribution >= 4 is 11.6 Å². The van der Waals surface area contributed by atoms with E-state index in [0.29, 0.717) is 11.4 Å². The van der Waals surface area contributed by atoms with E-state index < -0.39 is 0 Å². The molecule has 0 saturated carbocycles. The number of nitrogens with one attached hydrogen (secondary N) is 2. The van der Waals surface area contributed by atoms with Gasteiger partial charge in [-0.05, 0) is 36.5 Å². The third kappa shape index (κ3) is 2.47. The molecule has 19 heavy (non-hydrogen) atoms. The quantitative estimate of drug-likeness (QED) is 0.766. The molecule has 0 aliphatic heterocycles. The Balaban J connectivity index is 1.68. The fraction of sp³-hybridized carbons (Fsp3) is 0.267. The molecule has 0 saturated heterocycles. The molecule has 4 nitrogen and oxygen atoms in total. The second-order valence-corrected chi connectivity index (χ2v) is 5.03. The van der Waals surface area contributed by atoms with Gasteiger partial charge in [0.05, 0.1) is 0 Å². The van der Waals surface area contributed by atoms with E-state index in [1.165, 1.54) is 11.1 Å². The number of hydrogen-bond acceptors (Lipinski definition) is 2. The molecule has 1 aliphatic carbocycles. The molecule has 1 amide bonds. The van der Waals surface area contributed by atoms with Gasteiger partial charge in [0, 0.05) is 17.9 Å². The number of aryl methyl sites for hydroxylation is 1. The summed E-state index contributed by atoms with van der Waals surface area (Å²) in [4.78, 5) is 14.9. The maximum Gasteiger partial charge on any atom is 0.267 e. The van der Waals surface area contributed by atoms with Crippen LogP contribution in [-0.4, -0.2) is 16.9 Å². The number of rotatable bonds is 2. The van der Waals surface area contributed by atoms with Crippen LogP contribution in [0.3, 0.4) is 0 Å². The molecule has 2 aromatic rings. The number of anilines is 1. The standard InChI is InChI=1S/C15H17N3O/c16-12-8-14(17-9-12)15(19)18-13-6-5-10-3-1-2-4-11(10)7-13/h1-4,8-9,13,17H,5-7,16H2,(H,18,19). The number of aromatic nitrogens is 1. The first-order valence-corrected chi connectivity index (χ1v) is 6.54. The average molecular weight is 255 g/mol. The highest BCUT2D eigenvalue weighted by atomic mass is 16.1.